The molecule has 11 heteroatoms. The highest BCUT2D eigenvalue weighted by atomic mass is 79.9. The summed E-state index contributed by atoms with van der Waals surface area (Å²) in [5.74, 6) is 11.1. The van der Waals surface area contributed by atoms with E-state index in [4.69, 9.17) is 40.9 Å². The van der Waals surface area contributed by atoms with Gasteiger partial charge in [-0.15, -0.1) is 0 Å². The fraction of sp³-hybridized carbons (Fsp3) is 0.633. The molecule has 0 bridgehead atoms. The van der Waals surface area contributed by atoms with Gasteiger partial charge in [-0.05, 0) is 149 Å². The Bertz CT molecular complexity index is 2350. The van der Waals surface area contributed by atoms with Gasteiger partial charge in [0.1, 0.15) is 11.7 Å². The van der Waals surface area contributed by atoms with Gasteiger partial charge in [-0.3, -0.25) is 19.8 Å². The highest BCUT2D eigenvalue weighted by Crippen LogP contribution is 2.65. The summed E-state index contributed by atoms with van der Waals surface area (Å²) in [5.41, 5.74) is 19.7. The molecule has 2 unspecified atom stereocenters. The predicted octanol–water partition coefficient (Wildman–Crippen LogP) is 7.20. The van der Waals surface area contributed by atoms with Crippen LogP contribution in [-0.4, -0.2) is 86.0 Å². The van der Waals surface area contributed by atoms with E-state index in [-0.39, 0.29) is 10.8 Å². The molecule has 314 valence electrons. The predicted molar refractivity (Wildman–Crippen MR) is 239 cm³/mol. The molecule has 2 aromatic rings. The van der Waals surface area contributed by atoms with Crippen LogP contribution in [0.2, 0.25) is 0 Å². The minimum absolute atomic E-state index is 0.0269. The summed E-state index contributed by atoms with van der Waals surface area (Å²) in [6, 6.07) is 13.6. The standard InChI is InChI=1S/C27H32N4O.C22H27BrN4O/c1-32-21-8-10-26(11-9-21)15-20-7-6-19(5-4-18-2-3-18)14-22(20)27(26)23-29-16-25(12-13-25)17-31(23)24(28)30-27;1-28-16-4-6-21(7-5-16)11-14-2-3-15(23)10-17(14)22(21)18-25-12-20(8-9-20)13-27(18)19(24)26-22/h6-7,14,18,21H,2-3,8-13,15-17H2,1H3,(H2,28,30);2-3,10,16H,4-9,11-13H2,1H3,(H2,24,26). The molecule has 2 atom stereocenters. The van der Waals surface area contributed by atoms with Crippen molar-refractivity contribution in [3.63, 3.8) is 0 Å². The minimum Gasteiger partial charge on any atom is -0.381 e. The fourth-order valence-corrected chi connectivity index (χ4v) is 13.5. The number of nitrogens with zero attached hydrogens (tertiary/aromatic N) is 6. The highest BCUT2D eigenvalue weighted by molar-refractivity contribution is 9.10. The van der Waals surface area contributed by atoms with E-state index >= 15 is 0 Å². The van der Waals surface area contributed by atoms with E-state index in [2.05, 4.69) is 74.0 Å². The molecule has 0 aromatic heterocycles. The largest absolute Gasteiger partial charge is 0.381 e. The molecular formula is C49H59BrN8O2. The average Bonchev–Trinajstić information content (AvgIpc) is 4.23. The van der Waals surface area contributed by atoms with Crippen LogP contribution in [0.15, 0.2) is 60.8 Å². The molecular weight excluding hydrogens is 812 g/mol. The van der Waals surface area contributed by atoms with Crippen molar-refractivity contribution in [1.29, 1.82) is 0 Å². The lowest BCUT2D eigenvalue weighted by Gasteiger charge is -2.47. The first-order chi connectivity index (χ1) is 29.1. The van der Waals surface area contributed by atoms with Crippen molar-refractivity contribution in [3.05, 3.63) is 68.7 Å². The van der Waals surface area contributed by atoms with Gasteiger partial charge in [-0.1, -0.05) is 39.9 Å². The maximum atomic E-state index is 6.68. The van der Waals surface area contributed by atoms with E-state index in [1.165, 1.54) is 60.8 Å². The lowest BCUT2D eigenvalue weighted by molar-refractivity contribution is 0.0111. The molecule has 0 saturated heterocycles. The van der Waals surface area contributed by atoms with E-state index in [0.717, 1.165) is 112 Å². The van der Waals surface area contributed by atoms with Gasteiger partial charge in [-0.2, -0.15) is 0 Å². The number of nitrogens with two attached hydrogens (primary N) is 2. The number of hydrogen-bond acceptors (Lipinski definition) is 10. The van der Waals surface area contributed by atoms with Gasteiger partial charge < -0.3 is 20.9 Å². The second-order valence-electron chi connectivity index (χ2n) is 20.8. The average molecular weight is 872 g/mol. The molecule has 6 spiro atoms. The Morgan fingerprint density at radius 1 is 0.650 bits per heavy atom. The molecule has 4 N–H and O–H groups in total. The number of fused-ring (bicyclic) bond motifs is 10. The van der Waals surface area contributed by atoms with Crippen LogP contribution in [0.5, 0.6) is 0 Å². The van der Waals surface area contributed by atoms with Crippen molar-refractivity contribution < 1.29 is 9.47 Å². The van der Waals surface area contributed by atoms with Gasteiger partial charge in [0, 0.05) is 78.0 Å². The van der Waals surface area contributed by atoms with Crippen molar-refractivity contribution in [2.24, 2.45) is 59.0 Å². The first-order valence-corrected chi connectivity index (χ1v) is 23.7. The molecule has 7 aliphatic carbocycles. The second-order valence-corrected chi connectivity index (χ2v) is 21.7. The molecule has 2 aromatic carbocycles. The molecule has 13 rings (SSSR count). The third-order valence-electron chi connectivity index (χ3n) is 17.3. The van der Waals surface area contributed by atoms with Crippen LogP contribution in [0.1, 0.15) is 118 Å². The number of methoxy groups -OCH3 is 2. The Balaban J connectivity index is 0.000000130. The molecule has 5 fully saturated rings. The van der Waals surface area contributed by atoms with E-state index in [1.807, 2.05) is 14.2 Å². The number of amidine groups is 2. The smallest absolute Gasteiger partial charge is 0.198 e. The van der Waals surface area contributed by atoms with Crippen LogP contribution in [0.4, 0.5) is 0 Å². The van der Waals surface area contributed by atoms with Gasteiger partial charge in [0.25, 0.3) is 0 Å². The molecule has 4 heterocycles. The molecule has 5 saturated carbocycles. The second kappa shape index (κ2) is 13.2. The van der Waals surface area contributed by atoms with Crippen LogP contribution >= 0.6 is 15.9 Å². The zero-order valence-electron chi connectivity index (χ0n) is 35.4. The van der Waals surface area contributed by atoms with Crippen molar-refractivity contribution in [2.45, 2.75) is 126 Å². The summed E-state index contributed by atoms with van der Waals surface area (Å²) in [6.45, 7) is 3.83. The normalized spacial score (nSPS) is 36.5. The van der Waals surface area contributed by atoms with Gasteiger partial charge in [0.2, 0.25) is 0 Å². The number of hydrogen-bond donors (Lipinski definition) is 2. The third-order valence-corrected chi connectivity index (χ3v) is 17.8. The number of aliphatic imine (C=N–C) groups is 4. The quantitative estimate of drug-likeness (QED) is 0.308. The van der Waals surface area contributed by atoms with Crippen molar-refractivity contribution in [3.8, 4) is 11.8 Å². The zero-order chi connectivity index (χ0) is 40.7. The Hall–Kier alpha value is -3.72. The maximum Gasteiger partial charge on any atom is 0.198 e. The van der Waals surface area contributed by atoms with Gasteiger partial charge in [0.15, 0.2) is 23.0 Å². The first-order valence-electron chi connectivity index (χ1n) is 22.9. The van der Waals surface area contributed by atoms with E-state index in [0.29, 0.717) is 40.9 Å². The molecule has 4 aliphatic heterocycles. The van der Waals surface area contributed by atoms with Crippen molar-refractivity contribution in [1.82, 2.24) is 9.80 Å². The zero-order valence-corrected chi connectivity index (χ0v) is 37.0. The number of guanidine groups is 2. The Labute approximate surface area is 363 Å². The molecule has 11 aliphatic rings. The van der Waals surface area contributed by atoms with Crippen LogP contribution in [0.25, 0.3) is 0 Å². The van der Waals surface area contributed by atoms with Crippen LogP contribution < -0.4 is 11.5 Å². The van der Waals surface area contributed by atoms with Crippen LogP contribution in [0, 0.1) is 39.4 Å². The summed E-state index contributed by atoms with van der Waals surface area (Å²) in [5, 5.41) is 0. The summed E-state index contributed by atoms with van der Waals surface area (Å²) >= 11 is 3.71. The topological polar surface area (TPSA) is 126 Å². The van der Waals surface area contributed by atoms with E-state index < -0.39 is 11.1 Å². The molecule has 60 heavy (non-hydrogen) atoms. The van der Waals surface area contributed by atoms with Crippen molar-refractivity contribution >= 4 is 39.5 Å². The Morgan fingerprint density at radius 2 is 1.13 bits per heavy atom. The fourth-order valence-electron chi connectivity index (χ4n) is 13.2. The number of ether oxygens (including phenoxy) is 2. The number of halogens is 1. The van der Waals surface area contributed by atoms with Gasteiger partial charge >= 0.3 is 0 Å². The molecule has 10 nitrogen and oxygen atoms in total. The summed E-state index contributed by atoms with van der Waals surface area (Å²) < 4.78 is 12.5. The molecule has 0 amide bonds. The Kier molecular flexibility index (Phi) is 8.33. The summed E-state index contributed by atoms with van der Waals surface area (Å²) in [4.78, 5) is 25.7. The number of rotatable bonds is 2. The third kappa shape index (κ3) is 5.44. The summed E-state index contributed by atoms with van der Waals surface area (Å²) in [7, 11) is 3.69. The Morgan fingerprint density at radius 3 is 1.60 bits per heavy atom. The monoisotopic (exact) mass is 870 g/mol. The first kappa shape index (κ1) is 38.0. The highest BCUT2D eigenvalue weighted by Gasteiger charge is 2.68. The maximum absolute atomic E-state index is 6.68. The molecule has 0 radical (unpaired) electrons. The van der Waals surface area contributed by atoms with Gasteiger partial charge in [0.05, 0.1) is 12.2 Å². The summed E-state index contributed by atoms with van der Waals surface area (Å²) in [6.07, 6.45) is 19.1. The lowest BCUT2D eigenvalue weighted by Crippen LogP contribution is -2.55. The minimum atomic E-state index is -0.459. The SMILES string of the molecule is COC1CCC2(CC1)Cc1ccc(Br)cc1C21N=C(N)N2CC3(CC3)CN=C21.COC1CCC2(CC1)Cc1ccc(C#CC3CC3)cc1C21N=C(N)N2CC3(CC3)CN=C21. The van der Waals surface area contributed by atoms with E-state index in [1.54, 1.807) is 0 Å². The van der Waals surface area contributed by atoms with Gasteiger partial charge in [-0.25, -0.2) is 9.98 Å². The van der Waals surface area contributed by atoms with E-state index in [9.17, 15) is 0 Å². The van der Waals surface area contributed by atoms with Crippen LogP contribution in [0.3, 0.4) is 0 Å². The lowest BCUT2D eigenvalue weighted by atomic mass is 9.61. The number of benzene rings is 2. The van der Waals surface area contributed by atoms with Crippen LogP contribution in [-0.2, 0) is 33.4 Å². The van der Waals surface area contributed by atoms with Crippen molar-refractivity contribution in [2.75, 3.05) is 40.4 Å².